The first kappa shape index (κ1) is 17.5. The van der Waals surface area contributed by atoms with Crippen molar-refractivity contribution >= 4 is 23.3 Å². The molecule has 0 atom stereocenters. The zero-order chi connectivity index (χ0) is 17.5. The largest absolute Gasteiger partial charge is 0.462 e. The Kier molecular flexibility index (Phi) is 5.89. The van der Waals surface area contributed by atoms with Crippen molar-refractivity contribution in [1.29, 1.82) is 0 Å². The highest BCUT2D eigenvalue weighted by molar-refractivity contribution is 6.06. The molecule has 1 amide bonds. The highest BCUT2D eigenvalue weighted by Crippen LogP contribution is 2.24. The number of rotatable bonds is 6. The first-order chi connectivity index (χ1) is 11.5. The molecule has 2 aromatic rings. The minimum atomic E-state index is -0.460. The predicted octanol–water partition coefficient (Wildman–Crippen LogP) is 3.69. The summed E-state index contributed by atoms with van der Waals surface area (Å²) in [4.78, 5) is 24.2. The van der Waals surface area contributed by atoms with Crippen LogP contribution in [-0.4, -0.2) is 25.0 Å². The van der Waals surface area contributed by atoms with Crippen molar-refractivity contribution in [2.24, 2.45) is 0 Å². The van der Waals surface area contributed by atoms with E-state index in [2.05, 4.69) is 10.6 Å². The second kappa shape index (κ2) is 8.10. The first-order valence-corrected chi connectivity index (χ1v) is 7.67. The SMILES string of the molecule is CCNc1ccc(C(=O)OCC)cc1NC(=O)c1ccc(F)cc1. The number of hydrogen-bond acceptors (Lipinski definition) is 4. The van der Waals surface area contributed by atoms with Crippen LogP contribution in [0.2, 0.25) is 0 Å². The summed E-state index contributed by atoms with van der Waals surface area (Å²) in [7, 11) is 0. The van der Waals surface area contributed by atoms with Crippen LogP contribution in [-0.2, 0) is 4.74 Å². The number of esters is 1. The van der Waals surface area contributed by atoms with Gasteiger partial charge in [0.25, 0.3) is 5.91 Å². The van der Waals surface area contributed by atoms with Crippen molar-refractivity contribution in [3.05, 3.63) is 59.4 Å². The maximum absolute atomic E-state index is 13.0. The third-order valence-corrected chi connectivity index (χ3v) is 3.25. The second-order valence-electron chi connectivity index (χ2n) is 4.97. The van der Waals surface area contributed by atoms with E-state index in [1.54, 1.807) is 25.1 Å². The molecule has 0 heterocycles. The average molecular weight is 330 g/mol. The molecule has 0 aliphatic carbocycles. The third kappa shape index (κ3) is 4.32. The lowest BCUT2D eigenvalue weighted by atomic mass is 10.1. The molecule has 6 heteroatoms. The fourth-order valence-corrected chi connectivity index (χ4v) is 2.13. The molecule has 2 aromatic carbocycles. The number of anilines is 2. The zero-order valence-electron chi connectivity index (χ0n) is 13.6. The maximum Gasteiger partial charge on any atom is 0.338 e. The van der Waals surface area contributed by atoms with Gasteiger partial charge in [0.2, 0.25) is 0 Å². The number of hydrogen-bond donors (Lipinski definition) is 2. The average Bonchev–Trinajstić information content (AvgIpc) is 2.57. The quantitative estimate of drug-likeness (QED) is 0.793. The Morgan fingerprint density at radius 2 is 1.67 bits per heavy atom. The van der Waals surface area contributed by atoms with Crippen LogP contribution in [0.1, 0.15) is 34.6 Å². The number of nitrogens with one attached hydrogen (secondary N) is 2. The number of carbonyl (C=O) groups is 2. The Bertz CT molecular complexity index is 730. The Balaban J connectivity index is 2.28. The minimum absolute atomic E-state index is 0.269. The third-order valence-electron chi connectivity index (χ3n) is 3.25. The lowest BCUT2D eigenvalue weighted by molar-refractivity contribution is 0.0526. The molecule has 2 N–H and O–H groups in total. The Morgan fingerprint density at radius 1 is 1.00 bits per heavy atom. The summed E-state index contributed by atoms with van der Waals surface area (Å²) in [6, 6.07) is 10.1. The van der Waals surface area contributed by atoms with Crippen LogP contribution < -0.4 is 10.6 Å². The highest BCUT2D eigenvalue weighted by Gasteiger charge is 2.13. The molecule has 24 heavy (non-hydrogen) atoms. The van der Waals surface area contributed by atoms with Gasteiger partial charge in [-0.3, -0.25) is 4.79 Å². The van der Waals surface area contributed by atoms with E-state index in [-0.39, 0.29) is 6.61 Å². The van der Waals surface area contributed by atoms with Gasteiger partial charge in [-0.05, 0) is 56.3 Å². The minimum Gasteiger partial charge on any atom is -0.462 e. The molecule has 0 radical (unpaired) electrons. The topological polar surface area (TPSA) is 67.4 Å². The molecular formula is C18H19FN2O3. The first-order valence-electron chi connectivity index (χ1n) is 7.67. The maximum atomic E-state index is 13.0. The molecule has 0 saturated heterocycles. The summed E-state index contributed by atoms with van der Waals surface area (Å²) in [5.74, 6) is -1.27. The number of benzene rings is 2. The lowest BCUT2D eigenvalue weighted by Crippen LogP contribution is -2.15. The van der Waals surface area contributed by atoms with Gasteiger partial charge in [0.15, 0.2) is 0 Å². The fourth-order valence-electron chi connectivity index (χ4n) is 2.13. The van der Waals surface area contributed by atoms with Crippen molar-refractivity contribution in [2.75, 3.05) is 23.8 Å². The van der Waals surface area contributed by atoms with Gasteiger partial charge in [-0.25, -0.2) is 9.18 Å². The van der Waals surface area contributed by atoms with Crippen molar-refractivity contribution in [2.45, 2.75) is 13.8 Å². The number of halogens is 1. The van der Waals surface area contributed by atoms with Gasteiger partial charge >= 0.3 is 5.97 Å². The Labute approximate surface area is 139 Å². The van der Waals surface area contributed by atoms with Gasteiger partial charge in [-0.15, -0.1) is 0 Å². The van der Waals surface area contributed by atoms with E-state index in [0.717, 1.165) is 0 Å². The Morgan fingerprint density at radius 3 is 2.29 bits per heavy atom. The molecule has 5 nitrogen and oxygen atoms in total. The number of amides is 1. The molecule has 0 fully saturated rings. The molecule has 2 rings (SSSR count). The molecule has 0 aliphatic rings. The normalized spacial score (nSPS) is 10.1. The number of carbonyl (C=O) groups excluding carboxylic acids is 2. The molecule has 0 unspecified atom stereocenters. The molecule has 0 saturated carbocycles. The lowest BCUT2D eigenvalue weighted by Gasteiger charge is -2.14. The van der Waals surface area contributed by atoms with Crippen LogP contribution in [0.5, 0.6) is 0 Å². The molecule has 0 aromatic heterocycles. The van der Waals surface area contributed by atoms with Crippen molar-refractivity contribution in [3.8, 4) is 0 Å². The smallest absolute Gasteiger partial charge is 0.338 e. The highest BCUT2D eigenvalue weighted by atomic mass is 19.1. The van der Waals surface area contributed by atoms with E-state index < -0.39 is 17.7 Å². The van der Waals surface area contributed by atoms with Gasteiger partial charge in [-0.1, -0.05) is 0 Å². The van der Waals surface area contributed by atoms with Gasteiger partial charge in [-0.2, -0.15) is 0 Å². The monoisotopic (exact) mass is 330 g/mol. The van der Waals surface area contributed by atoms with Gasteiger partial charge in [0, 0.05) is 12.1 Å². The number of ether oxygens (including phenoxy) is 1. The van der Waals surface area contributed by atoms with Crippen LogP contribution >= 0.6 is 0 Å². The second-order valence-corrected chi connectivity index (χ2v) is 4.97. The van der Waals surface area contributed by atoms with Crippen LogP contribution in [0, 0.1) is 5.82 Å². The van der Waals surface area contributed by atoms with E-state index in [1.807, 2.05) is 6.92 Å². The van der Waals surface area contributed by atoms with E-state index in [9.17, 15) is 14.0 Å². The molecular weight excluding hydrogens is 311 g/mol. The van der Waals surface area contributed by atoms with Crippen molar-refractivity contribution in [3.63, 3.8) is 0 Å². The Hall–Kier alpha value is -2.89. The van der Waals surface area contributed by atoms with E-state index in [0.29, 0.717) is 29.0 Å². The van der Waals surface area contributed by atoms with Gasteiger partial charge in [0.1, 0.15) is 5.82 Å². The predicted molar refractivity (Wildman–Crippen MR) is 90.9 cm³/mol. The summed E-state index contributed by atoms with van der Waals surface area (Å²) >= 11 is 0. The fraction of sp³-hybridized carbons (Fsp3) is 0.222. The summed E-state index contributed by atoms with van der Waals surface area (Å²) in [6.07, 6.45) is 0. The molecule has 0 bridgehead atoms. The summed E-state index contributed by atoms with van der Waals surface area (Å²) in [5, 5.41) is 5.85. The van der Waals surface area contributed by atoms with Crippen LogP contribution in [0.25, 0.3) is 0 Å². The van der Waals surface area contributed by atoms with Gasteiger partial charge < -0.3 is 15.4 Å². The molecule has 0 spiro atoms. The standard InChI is InChI=1S/C18H19FN2O3/c1-3-20-15-10-7-13(18(23)24-4-2)11-16(15)21-17(22)12-5-8-14(19)9-6-12/h5-11,20H,3-4H2,1-2H3,(H,21,22). The zero-order valence-corrected chi connectivity index (χ0v) is 13.6. The van der Waals surface area contributed by atoms with Crippen molar-refractivity contribution < 1.29 is 18.7 Å². The van der Waals surface area contributed by atoms with Crippen molar-refractivity contribution in [1.82, 2.24) is 0 Å². The van der Waals surface area contributed by atoms with E-state index in [4.69, 9.17) is 4.74 Å². The van der Waals surface area contributed by atoms with Crippen LogP contribution in [0.3, 0.4) is 0 Å². The summed E-state index contributed by atoms with van der Waals surface area (Å²) < 4.78 is 17.9. The van der Waals surface area contributed by atoms with E-state index in [1.165, 1.54) is 24.3 Å². The molecule has 0 aliphatic heterocycles. The van der Waals surface area contributed by atoms with Crippen LogP contribution in [0.15, 0.2) is 42.5 Å². The van der Waals surface area contributed by atoms with Gasteiger partial charge in [0.05, 0.1) is 23.5 Å². The van der Waals surface area contributed by atoms with E-state index >= 15 is 0 Å². The summed E-state index contributed by atoms with van der Waals surface area (Å²) in [5.41, 5.74) is 1.80. The molecule has 126 valence electrons. The summed E-state index contributed by atoms with van der Waals surface area (Å²) in [6.45, 7) is 4.57. The van der Waals surface area contributed by atoms with Crippen LogP contribution in [0.4, 0.5) is 15.8 Å².